The standard InChI is InChI=1S/C21H25N7O5/c29-9-12-7-16(19(31)18(12)30)27-11-24-17-20(22-10-23-21(17)27)25-13-5-6-26(8-13)14-1-3-15(4-2-14)28(32)33/h1-4,10-13,16,18-19,29-31H,5-9H2,(H,22,23,25). The van der Waals surface area contributed by atoms with Crippen LogP contribution in [0.3, 0.4) is 0 Å². The van der Waals surface area contributed by atoms with Crippen molar-refractivity contribution in [1.29, 1.82) is 0 Å². The van der Waals surface area contributed by atoms with Gasteiger partial charge < -0.3 is 30.1 Å². The molecular formula is C21H25N7O5. The molecule has 3 aromatic rings. The van der Waals surface area contributed by atoms with Crippen LogP contribution in [0.5, 0.6) is 0 Å². The van der Waals surface area contributed by atoms with Gasteiger partial charge >= 0.3 is 0 Å². The second kappa shape index (κ2) is 8.54. The maximum atomic E-state index is 10.9. The Balaban J connectivity index is 1.32. The van der Waals surface area contributed by atoms with E-state index in [0.29, 0.717) is 29.9 Å². The largest absolute Gasteiger partial charge is 0.396 e. The molecule has 1 aliphatic heterocycles. The van der Waals surface area contributed by atoms with E-state index in [9.17, 15) is 25.4 Å². The van der Waals surface area contributed by atoms with Gasteiger partial charge in [0.25, 0.3) is 5.69 Å². The molecule has 0 spiro atoms. The Morgan fingerprint density at radius 1 is 1.15 bits per heavy atom. The second-order valence-electron chi connectivity index (χ2n) is 8.62. The summed E-state index contributed by atoms with van der Waals surface area (Å²) < 4.78 is 1.74. The predicted molar refractivity (Wildman–Crippen MR) is 119 cm³/mol. The fourth-order valence-corrected chi connectivity index (χ4v) is 4.85. The van der Waals surface area contributed by atoms with Crippen LogP contribution < -0.4 is 10.2 Å². The van der Waals surface area contributed by atoms with Gasteiger partial charge in [-0.05, 0) is 25.0 Å². The fourth-order valence-electron chi connectivity index (χ4n) is 4.85. The molecule has 5 rings (SSSR count). The zero-order valence-corrected chi connectivity index (χ0v) is 17.7. The smallest absolute Gasteiger partial charge is 0.269 e. The zero-order chi connectivity index (χ0) is 23.1. The van der Waals surface area contributed by atoms with Crippen LogP contribution in [-0.4, -0.2) is 77.7 Å². The highest BCUT2D eigenvalue weighted by Gasteiger charge is 2.42. The van der Waals surface area contributed by atoms with Gasteiger partial charge in [0.2, 0.25) is 0 Å². The maximum Gasteiger partial charge on any atom is 0.269 e. The second-order valence-corrected chi connectivity index (χ2v) is 8.62. The molecule has 2 aromatic heterocycles. The number of non-ortho nitro benzene ring substituents is 1. The number of nitro groups is 1. The number of rotatable bonds is 6. The van der Waals surface area contributed by atoms with E-state index in [1.54, 1.807) is 23.0 Å². The molecule has 1 aromatic carbocycles. The summed E-state index contributed by atoms with van der Waals surface area (Å²) in [6, 6.07) is 6.19. The van der Waals surface area contributed by atoms with Gasteiger partial charge in [-0.2, -0.15) is 0 Å². The van der Waals surface area contributed by atoms with E-state index in [2.05, 4.69) is 25.2 Å². The zero-order valence-electron chi connectivity index (χ0n) is 17.7. The Bertz CT molecular complexity index is 1150. The number of fused-ring (bicyclic) bond motifs is 1. The minimum atomic E-state index is -1.02. The highest BCUT2D eigenvalue weighted by atomic mass is 16.6. The van der Waals surface area contributed by atoms with E-state index >= 15 is 0 Å². The molecule has 1 saturated heterocycles. The molecule has 33 heavy (non-hydrogen) atoms. The van der Waals surface area contributed by atoms with Crippen LogP contribution in [0.15, 0.2) is 36.9 Å². The van der Waals surface area contributed by atoms with Gasteiger partial charge in [-0.25, -0.2) is 15.0 Å². The lowest BCUT2D eigenvalue weighted by Gasteiger charge is -2.19. The highest BCUT2D eigenvalue weighted by molar-refractivity contribution is 5.83. The third kappa shape index (κ3) is 3.86. The van der Waals surface area contributed by atoms with Crippen molar-refractivity contribution >= 4 is 28.4 Å². The summed E-state index contributed by atoms with van der Waals surface area (Å²) in [4.78, 5) is 25.8. The van der Waals surface area contributed by atoms with E-state index in [0.717, 1.165) is 18.7 Å². The van der Waals surface area contributed by atoms with Gasteiger partial charge in [0, 0.05) is 49.5 Å². The topological polar surface area (TPSA) is 163 Å². The number of aromatic nitrogens is 4. The van der Waals surface area contributed by atoms with E-state index in [1.807, 2.05) is 0 Å². The van der Waals surface area contributed by atoms with Crippen molar-refractivity contribution in [1.82, 2.24) is 19.5 Å². The first-order valence-electron chi connectivity index (χ1n) is 10.9. The molecule has 174 valence electrons. The molecule has 2 aliphatic rings. The molecule has 5 atom stereocenters. The van der Waals surface area contributed by atoms with Crippen LogP contribution in [0, 0.1) is 16.0 Å². The van der Waals surface area contributed by atoms with Crippen molar-refractivity contribution in [3.8, 4) is 0 Å². The van der Waals surface area contributed by atoms with Crippen LogP contribution in [0.25, 0.3) is 11.2 Å². The van der Waals surface area contributed by atoms with Crippen LogP contribution in [0.1, 0.15) is 18.9 Å². The average molecular weight is 455 g/mol. The lowest BCUT2D eigenvalue weighted by atomic mass is 10.1. The van der Waals surface area contributed by atoms with E-state index < -0.39 is 29.1 Å². The number of nitro benzene ring substituents is 1. The van der Waals surface area contributed by atoms with Crippen molar-refractivity contribution in [3.05, 3.63) is 47.0 Å². The maximum absolute atomic E-state index is 10.9. The summed E-state index contributed by atoms with van der Waals surface area (Å²) in [5, 5.41) is 44.4. The third-order valence-corrected chi connectivity index (χ3v) is 6.68. The Morgan fingerprint density at radius 3 is 2.64 bits per heavy atom. The Hall–Kier alpha value is -3.35. The summed E-state index contributed by atoms with van der Waals surface area (Å²) in [5.41, 5.74) is 2.11. The third-order valence-electron chi connectivity index (χ3n) is 6.68. The van der Waals surface area contributed by atoms with Crippen LogP contribution in [0.2, 0.25) is 0 Å². The van der Waals surface area contributed by atoms with Crippen LogP contribution in [-0.2, 0) is 0 Å². The van der Waals surface area contributed by atoms with Crippen LogP contribution in [0.4, 0.5) is 17.2 Å². The molecule has 1 aliphatic carbocycles. The first-order chi connectivity index (χ1) is 16.0. The summed E-state index contributed by atoms with van der Waals surface area (Å²) in [6.45, 7) is 1.30. The minimum absolute atomic E-state index is 0.0665. The highest BCUT2D eigenvalue weighted by Crippen LogP contribution is 2.37. The molecule has 4 N–H and O–H groups in total. The number of hydrogen-bond donors (Lipinski definition) is 4. The van der Waals surface area contributed by atoms with Gasteiger partial charge in [-0.15, -0.1) is 0 Å². The lowest BCUT2D eigenvalue weighted by Crippen LogP contribution is -2.30. The van der Waals surface area contributed by atoms with Gasteiger partial charge in [-0.3, -0.25) is 10.1 Å². The molecule has 0 bridgehead atoms. The molecule has 2 fully saturated rings. The van der Waals surface area contributed by atoms with E-state index in [1.165, 1.54) is 18.5 Å². The molecule has 12 heteroatoms. The van der Waals surface area contributed by atoms with E-state index in [4.69, 9.17) is 0 Å². The quantitative estimate of drug-likeness (QED) is 0.307. The van der Waals surface area contributed by atoms with Gasteiger partial charge in [0.05, 0.1) is 23.4 Å². The number of nitrogens with one attached hydrogen (secondary N) is 1. The SMILES string of the molecule is O=[N+]([O-])c1ccc(N2CCC(Nc3ncnc4c3ncn4C3CC(CO)C(O)C3O)C2)cc1. The molecule has 0 radical (unpaired) electrons. The van der Waals surface area contributed by atoms with E-state index in [-0.39, 0.29) is 18.3 Å². The predicted octanol–water partition coefficient (Wildman–Crippen LogP) is 0.700. The monoisotopic (exact) mass is 455 g/mol. The Kier molecular flexibility index (Phi) is 5.56. The molecule has 12 nitrogen and oxygen atoms in total. The first kappa shape index (κ1) is 21.5. The summed E-state index contributed by atoms with van der Waals surface area (Å²) >= 11 is 0. The number of benzene rings is 1. The molecular weight excluding hydrogens is 430 g/mol. The number of hydrogen-bond acceptors (Lipinski definition) is 10. The fraction of sp³-hybridized carbons (Fsp3) is 0.476. The van der Waals surface area contributed by atoms with Crippen LogP contribution >= 0.6 is 0 Å². The normalized spacial score (nSPS) is 27.4. The van der Waals surface area contributed by atoms with Gasteiger partial charge in [-0.1, -0.05) is 0 Å². The minimum Gasteiger partial charge on any atom is -0.396 e. The molecule has 3 heterocycles. The lowest BCUT2D eigenvalue weighted by molar-refractivity contribution is -0.384. The van der Waals surface area contributed by atoms with Crippen molar-refractivity contribution in [2.24, 2.45) is 5.92 Å². The number of nitrogens with zero attached hydrogens (tertiary/aromatic N) is 6. The number of imidazole rings is 1. The Morgan fingerprint density at radius 2 is 1.94 bits per heavy atom. The number of aliphatic hydroxyl groups is 3. The van der Waals surface area contributed by atoms with Gasteiger partial charge in [0.1, 0.15) is 17.9 Å². The summed E-state index contributed by atoms with van der Waals surface area (Å²) in [6.07, 6.45) is 2.28. The average Bonchev–Trinajstić information content (AvgIpc) is 3.53. The Labute approximate surface area is 188 Å². The van der Waals surface area contributed by atoms with Crippen molar-refractivity contribution in [2.75, 3.05) is 29.9 Å². The summed E-state index contributed by atoms with van der Waals surface area (Å²) in [5.74, 6) is 0.187. The van der Waals surface area contributed by atoms with Gasteiger partial charge in [0.15, 0.2) is 11.5 Å². The molecule has 1 saturated carbocycles. The van der Waals surface area contributed by atoms with Crippen molar-refractivity contribution in [3.63, 3.8) is 0 Å². The number of aliphatic hydroxyl groups excluding tert-OH is 3. The van der Waals surface area contributed by atoms with Crippen molar-refractivity contribution < 1.29 is 20.2 Å². The molecule has 5 unspecified atom stereocenters. The molecule has 0 amide bonds. The number of anilines is 2. The first-order valence-corrected chi connectivity index (χ1v) is 10.9. The summed E-state index contributed by atoms with van der Waals surface area (Å²) in [7, 11) is 0. The van der Waals surface area contributed by atoms with Crippen molar-refractivity contribution in [2.45, 2.75) is 37.1 Å².